The van der Waals surface area contributed by atoms with E-state index in [1.807, 2.05) is 0 Å². The average Bonchev–Trinajstić information content (AvgIpc) is 2.07. The van der Waals surface area contributed by atoms with E-state index in [1.54, 1.807) is 0 Å². The maximum Gasteiger partial charge on any atom is 0.240 e. The molecular formula is C7H9FN2O3S. The Morgan fingerprint density at radius 3 is 2.43 bits per heavy atom. The monoisotopic (exact) mass is 220 g/mol. The van der Waals surface area contributed by atoms with Crippen LogP contribution in [-0.4, -0.2) is 15.5 Å². The summed E-state index contributed by atoms with van der Waals surface area (Å²) in [7, 11) is -2.76. The topological polar surface area (TPSA) is 95.4 Å². The summed E-state index contributed by atoms with van der Waals surface area (Å²) in [6.45, 7) is 0. The van der Waals surface area contributed by atoms with Crippen molar-refractivity contribution < 1.29 is 17.5 Å². The van der Waals surface area contributed by atoms with Crippen LogP contribution in [0.2, 0.25) is 0 Å². The minimum Gasteiger partial charge on any atom is -0.497 e. The molecule has 0 atom stereocenters. The Morgan fingerprint density at radius 2 is 2.00 bits per heavy atom. The Morgan fingerprint density at radius 1 is 1.43 bits per heavy atom. The van der Waals surface area contributed by atoms with E-state index in [0.29, 0.717) is 0 Å². The Labute approximate surface area is 80.5 Å². The smallest absolute Gasteiger partial charge is 0.240 e. The van der Waals surface area contributed by atoms with Crippen molar-refractivity contribution in [2.45, 2.75) is 4.90 Å². The lowest BCUT2D eigenvalue weighted by Gasteiger charge is -2.07. The summed E-state index contributed by atoms with van der Waals surface area (Å²) in [5.74, 6) is -0.839. The van der Waals surface area contributed by atoms with Gasteiger partial charge in [-0.25, -0.2) is 17.9 Å². The first-order valence-electron chi connectivity index (χ1n) is 3.52. The van der Waals surface area contributed by atoms with Crippen LogP contribution in [0.25, 0.3) is 0 Å². The largest absolute Gasteiger partial charge is 0.497 e. The highest BCUT2D eigenvalue weighted by Gasteiger charge is 2.17. The standard InChI is InChI=1S/C7H9FN2O3S/c1-13-4-2-5(8)7(9)6(3-4)14(10,11)12/h2-3H,9H2,1H3,(H2,10,11,12). The normalized spacial score (nSPS) is 11.4. The molecule has 0 heterocycles. The van der Waals surface area contributed by atoms with Gasteiger partial charge >= 0.3 is 0 Å². The van der Waals surface area contributed by atoms with Crippen molar-refractivity contribution in [1.29, 1.82) is 0 Å². The van der Waals surface area contributed by atoms with Crippen molar-refractivity contribution in [1.82, 2.24) is 0 Å². The zero-order chi connectivity index (χ0) is 10.9. The predicted octanol–water partition coefficient (Wildman–Crippen LogP) is 0.0639. The van der Waals surface area contributed by atoms with Gasteiger partial charge in [0.15, 0.2) is 5.82 Å². The van der Waals surface area contributed by atoms with Crippen LogP contribution < -0.4 is 15.6 Å². The minimum absolute atomic E-state index is 0.0423. The Balaban J connectivity index is 3.51. The number of benzene rings is 1. The second-order valence-corrected chi connectivity index (χ2v) is 4.10. The first kappa shape index (κ1) is 10.7. The van der Waals surface area contributed by atoms with E-state index in [-0.39, 0.29) is 5.75 Å². The fourth-order valence-electron chi connectivity index (χ4n) is 0.922. The van der Waals surface area contributed by atoms with Gasteiger partial charge in [-0.1, -0.05) is 0 Å². The molecule has 0 aliphatic rings. The van der Waals surface area contributed by atoms with Crippen molar-refractivity contribution in [3.05, 3.63) is 17.9 Å². The maximum absolute atomic E-state index is 13.0. The van der Waals surface area contributed by atoms with E-state index in [9.17, 15) is 12.8 Å². The van der Waals surface area contributed by atoms with Gasteiger partial charge in [-0.15, -0.1) is 0 Å². The number of halogens is 1. The van der Waals surface area contributed by atoms with Gasteiger partial charge in [-0.3, -0.25) is 0 Å². The van der Waals surface area contributed by atoms with E-state index in [4.69, 9.17) is 10.9 Å². The fourth-order valence-corrected chi connectivity index (χ4v) is 1.61. The van der Waals surface area contributed by atoms with Gasteiger partial charge in [0.2, 0.25) is 10.0 Å². The molecule has 14 heavy (non-hydrogen) atoms. The van der Waals surface area contributed by atoms with Gasteiger partial charge in [0.05, 0.1) is 12.8 Å². The van der Waals surface area contributed by atoms with Crippen LogP contribution in [0.5, 0.6) is 5.75 Å². The number of ether oxygens (including phenoxy) is 1. The summed E-state index contributed by atoms with van der Waals surface area (Å²) in [5.41, 5.74) is 4.70. The van der Waals surface area contributed by atoms with Gasteiger partial charge in [-0.2, -0.15) is 0 Å². The summed E-state index contributed by atoms with van der Waals surface area (Å²) in [4.78, 5) is -0.477. The summed E-state index contributed by atoms with van der Waals surface area (Å²) < 4.78 is 39.6. The molecule has 0 saturated heterocycles. The molecule has 0 fully saturated rings. The fraction of sp³-hybridized carbons (Fsp3) is 0.143. The second-order valence-electron chi connectivity index (χ2n) is 2.57. The molecule has 0 amide bonds. The quantitative estimate of drug-likeness (QED) is 0.689. The van der Waals surface area contributed by atoms with Crippen LogP contribution in [-0.2, 0) is 10.0 Å². The van der Waals surface area contributed by atoms with Crippen LogP contribution in [0.3, 0.4) is 0 Å². The number of hydrogen-bond donors (Lipinski definition) is 2. The van der Waals surface area contributed by atoms with Crippen molar-refractivity contribution in [2.24, 2.45) is 5.14 Å². The number of hydrogen-bond acceptors (Lipinski definition) is 4. The Kier molecular flexibility index (Phi) is 2.63. The van der Waals surface area contributed by atoms with Gasteiger partial charge < -0.3 is 10.5 Å². The van der Waals surface area contributed by atoms with Crippen LogP contribution in [0.15, 0.2) is 17.0 Å². The molecule has 4 N–H and O–H groups in total. The molecule has 0 aliphatic heterocycles. The van der Waals surface area contributed by atoms with Gasteiger partial charge in [0.25, 0.3) is 0 Å². The maximum atomic E-state index is 13.0. The molecule has 7 heteroatoms. The zero-order valence-corrected chi connectivity index (χ0v) is 8.14. The molecule has 0 aromatic heterocycles. The Bertz CT molecular complexity index is 458. The number of anilines is 1. The number of methoxy groups -OCH3 is 1. The van der Waals surface area contributed by atoms with E-state index >= 15 is 0 Å². The zero-order valence-electron chi connectivity index (χ0n) is 7.32. The summed E-state index contributed by atoms with van der Waals surface area (Å²) in [6.07, 6.45) is 0. The molecule has 0 unspecified atom stereocenters. The number of sulfonamides is 1. The summed E-state index contributed by atoms with van der Waals surface area (Å²) in [5, 5.41) is 4.82. The molecule has 5 nitrogen and oxygen atoms in total. The number of rotatable bonds is 2. The SMILES string of the molecule is COc1cc(F)c(N)c(S(N)(=O)=O)c1. The average molecular weight is 220 g/mol. The van der Waals surface area contributed by atoms with Crippen LogP contribution in [0.4, 0.5) is 10.1 Å². The molecule has 0 saturated carbocycles. The number of nitrogen functional groups attached to an aromatic ring is 1. The van der Waals surface area contributed by atoms with Crippen molar-refractivity contribution in [3.8, 4) is 5.75 Å². The second kappa shape index (κ2) is 3.43. The lowest BCUT2D eigenvalue weighted by atomic mass is 10.3. The highest BCUT2D eigenvalue weighted by molar-refractivity contribution is 7.89. The van der Waals surface area contributed by atoms with Crippen molar-refractivity contribution >= 4 is 15.7 Å². The predicted molar refractivity (Wildman–Crippen MR) is 48.7 cm³/mol. The van der Waals surface area contributed by atoms with E-state index < -0.39 is 26.4 Å². The lowest BCUT2D eigenvalue weighted by molar-refractivity contribution is 0.410. The molecule has 0 aliphatic carbocycles. The van der Waals surface area contributed by atoms with E-state index in [0.717, 1.165) is 12.1 Å². The highest BCUT2D eigenvalue weighted by Crippen LogP contribution is 2.26. The molecule has 1 aromatic carbocycles. The third-order valence-corrected chi connectivity index (χ3v) is 2.56. The summed E-state index contributed by atoms with van der Waals surface area (Å²) >= 11 is 0. The van der Waals surface area contributed by atoms with E-state index in [2.05, 4.69) is 4.74 Å². The van der Waals surface area contributed by atoms with Crippen LogP contribution in [0, 0.1) is 5.82 Å². The van der Waals surface area contributed by atoms with Gasteiger partial charge in [0, 0.05) is 12.1 Å². The minimum atomic E-state index is -4.03. The van der Waals surface area contributed by atoms with E-state index in [1.165, 1.54) is 7.11 Å². The highest BCUT2D eigenvalue weighted by atomic mass is 32.2. The molecule has 0 radical (unpaired) electrons. The van der Waals surface area contributed by atoms with Crippen molar-refractivity contribution in [3.63, 3.8) is 0 Å². The Hall–Kier alpha value is -1.34. The molecule has 78 valence electrons. The third-order valence-electron chi connectivity index (χ3n) is 1.61. The molecule has 0 bridgehead atoms. The van der Waals surface area contributed by atoms with Crippen LogP contribution >= 0.6 is 0 Å². The first-order chi connectivity index (χ1) is 6.36. The third kappa shape index (κ3) is 1.94. The van der Waals surface area contributed by atoms with Crippen LogP contribution in [0.1, 0.15) is 0 Å². The van der Waals surface area contributed by atoms with Crippen molar-refractivity contribution in [2.75, 3.05) is 12.8 Å². The first-order valence-corrected chi connectivity index (χ1v) is 5.06. The van der Waals surface area contributed by atoms with Gasteiger partial charge in [0.1, 0.15) is 10.6 Å². The lowest BCUT2D eigenvalue weighted by Crippen LogP contribution is -2.15. The molecule has 1 aromatic rings. The number of nitrogens with two attached hydrogens (primary N) is 2. The molecular weight excluding hydrogens is 211 g/mol. The molecule has 1 rings (SSSR count). The molecule has 0 spiro atoms. The van der Waals surface area contributed by atoms with Gasteiger partial charge in [-0.05, 0) is 0 Å². The number of primary sulfonamides is 1. The summed E-state index contributed by atoms with van der Waals surface area (Å²) in [6, 6.07) is 2.04.